The fourth-order valence-electron chi connectivity index (χ4n) is 4.17. The summed E-state index contributed by atoms with van der Waals surface area (Å²) in [6.07, 6.45) is 3.90. The first-order valence-electron chi connectivity index (χ1n) is 8.99. The zero-order valence-electron chi connectivity index (χ0n) is 14.8. The third-order valence-electron chi connectivity index (χ3n) is 5.56. The van der Waals surface area contributed by atoms with Crippen molar-refractivity contribution in [3.8, 4) is 0 Å². The minimum absolute atomic E-state index is 0.472. The third-order valence-corrected chi connectivity index (χ3v) is 5.56. The highest BCUT2D eigenvalue weighted by atomic mass is 16.3. The van der Waals surface area contributed by atoms with Crippen molar-refractivity contribution in [1.82, 2.24) is 4.90 Å². The third kappa shape index (κ3) is 4.11. The van der Waals surface area contributed by atoms with Crippen molar-refractivity contribution in [3.05, 3.63) is 35.9 Å². The fourth-order valence-corrected chi connectivity index (χ4v) is 4.17. The van der Waals surface area contributed by atoms with Crippen molar-refractivity contribution in [2.24, 2.45) is 11.8 Å². The molecule has 2 rings (SSSR count). The molecule has 0 aromatic heterocycles. The Bertz CT molecular complexity index is 438. The van der Waals surface area contributed by atoms with Crippen molar-refractivity contribution >= 4 is 0 Å². The second kappa shape index (κ2) is 7.61. The van der Waals surface area contributed by atoms with E-state index in [4.69, 9.17) is 0 Å². The van der Waals surface area contributed by atoms with E-state index in [1.807, 2.05) is 0 Å². The van der Waals surface area contributed by atoms with Crippen molar-refractivity contribution in [1.29, 1.82) is 0 Å². The summed E-state index contributed by atoms with van der Waals surface area (Å²) in [5.74, 6) is 1.25. The second-order valence-electron chi connectivity index (χ2n) is 7.38. The molecule has 1 saturated heterocycles. The van der Waals surface area contributed by atoms with Gasteiger partial charge in [0.05, 0.1) is 5.60 Å². The summed E-state index contributed by atoms with van der Waals surface area (Å²) in [7, 11) is 0. The number of nitrogens with zero attached hydrogens (tertiary/aromatic N) is 1. The number of aliphatic hydroxyl groups is 1. The summed E-state index contributed by atoms with van der Waals surface area (Å²) in [5.41, 5.74) is 0.927. The van der Waals surface area contributed by atoms with E-state index in [1.165, 1.54) is 12.0 Å². The average Bonchev–Trinajstić information content (AvgIpc) is 2.90. The Labute approximate surface area is 136 Å². The fraction of sp³-hybridized carbons (Fsp3) is 0.700. The van der Waals surface area contributed by atoms with E-state index in [0.717, 1.165) is 32.4 Å². The van der Waals surface area contributed by atoms with Gasteiger partial charge in [-0.2, -0.15) is 0 Å². The van der Waals surface area contributed by atoms with Crippen LogP contribution in [0.25, 0.3) is 0 Å². The van der Waals surface area contributed by atoms with Crippen molar-refractivity contribution in [2.75, 3.05) is 6.54 Å². The lowest BCUT2D eigenvalue weighted by Crippen LogP contribution is -2.40. The van der Waals surface area contributed by atoms with Crippen LogP contribution in [0.4, 0.5) is 0 Å². The molecule has 124 valence electrons. The largest absolute Gasteiger partial charge is 0.390 e. The van der Waals surface area contributed by atoms with Gasteiger partial charge in [0, 0.05) is 12.6 Å². The van der Waals surface area contributed by atoms with Crippen LogP contribution in [0, 0.1) is 11.8 Å². The number of likely N-dealkylation sites (tertiary alicyclic amines) is 1. The van der Waals surface area contributed by atoms with Crippen LogP contribution >= 0.6 is 0 Å². The predicted octanol–water partition coefficient (Wildman–Crippen LogP) is 4.47. The van der Waals surface area contributed by atoms with Gasteiger partial charge in [-0.25, -0.2) is 0 Å². The summed E-state index contributed by atoms with van der Waals surface area (Å²) in [6.45, 7) is 11.1. The minimum Gasteiger partial charge on any atom is -0.390 e. The van der Waals surface area contributed by atoms with E-state index in [1.54, 1.807) is 0 Å². The van der Waals surface area contributed by atoms with Crippen LogP contribution in [0.1, 0.15) is 58.9 Å². The van der Waals surface area contributed by atoms with Gasteiger partial charge in [-0.05, 0) is 49.6 Å². The first kappa shape index (κ1) is 17.5. The van der Waals surface area contributed by atoms with Gasteiger partial charge < -0.3 is 5.11 Å². The van der Waals surface area contributed by atoms with E-state index >= 15 is 0 Å². The van der Waals surface area contributed by atoms with Gasteiger partial charge in [0.2, 0.25) is 0 Å². The Balaban J connectivity index is 2.07. The number of hydrogen-bond donors (Lipinski definition) is 1. The van der Waals surface area contributed by atoms with Gasteiger partial charge in [0.1, 0.15) is 0 Å². The Morgan fingerprint density at radius 1 is 1.18 bits per heavy atom. The van der Waals surface area contributed by atoms with E-state index in [0.29, 0.717) is 17.9 Å². The summed E-state index contributed by atoms with van der Waals surface area (Å²) in [5, 5.41) is 10.7. The molecule has 0 saturated carbocycles. The molecule has 2 nitrogen and oxygen atoms in total. The zero-order valence-corrected chi connectivity index (χ0v) is 14.8. The lowest BCUT2D eigenvalue weighted by atomic mass is 9.80. The number of rotatable bonds is 7. The van der Waals surface area contributed by atoms with Crippen molar-refractivity contribution in [2.45, 2.75) is 71.6 Å². The molecule has 0 bridgehead atoms. The molecular formula is C20H33NO. The maximum atomic E-state index is 10.7. The van der Waals surface area contributed by atoms with E-state index in [9.17, 15) is 5.11 Å². The van der Waals surface area contributed by atoms with Crippen LogP contribution in [0.5, 0.6) is 0 Å². The first-order chi connectivity index (χ1) is 10.5. The molecule has 0 unspecified atom stereocenters. The highest BCUT2D eigenvalue weighted by molar-refractivity contribution is 5.15. The highest BCUT2D eigenvalue weighted by Gasteiger charge is 2.39. The molecular weight excluding hydrogens is 270 g/mol. The molecule has 1 aliphatic heterocycles. The molecule has 1 N–H and O–H groups in total. The van der Waals surface area contributed by atoms with Crippen LogP contribution in [0.15, 0.2) is 30.3 Å². The standard InChI is InChI=1S/C20H33NO/c1-5-20(22,6-2)14-18-12-13-21(19(18)16(3)4)15-17-10-8-7-9-11-17/h7-11,16,18-19,22H,5-6,12-15H2,1-4H3/t18-,19+/m1/s1. The Kier molecular flexibility index (Phi) is 6.05. The van der Waals surface area contributed by atoms with Gasteiger partial charge in [-0.3, -0.25) is 4.90 Å². The van der Waals surface area contributed by atoms with Crippen LogP contribution in [0.3, 0.4) is 0 Å². The van der Waals surface area contributed by atoms with Gasteiger partial charge in [-0.1, -0.05) is 58.0 Å². The molecule has 2 atom stereocenters. The molecule has 2 heteroatoms. The van der Waals surface area contributed by atoms with Crippen LogP contribution < -0.4 is 0 Å². The van der Waals surface area contributed by atoms with Gasteiger partial charge in [0.25, 0.3) is 0 Å². The summed E-state index contributed by atoms with van der Waals surface area (Å²) < 4.78 is 0. The average molecular weight is 303 g/mol. The van der Waals surface area contributed by atoms with E-state index in [-0.39, 0.29) is 0 Å². The van der Waals surface area contributed by atoms with Crippen LogP contribution in [0.2, 0.25) is 0 Å². The molecule has 1 aromatic rings. The zero-order chi connectivity index (χ0) is 16.2. The SMILES string of the molecule is CCC(O)(CC)C[C@H]1CCN(Cc2ccccc2)[C@H]1C(C)C. The first-order valence-corrected chi connectivity index (χ1v) is 8.99. The predicted molar refractivity (Wildman–Crippen MR) is 93.7 cm³/mol. The summed E-state index contributed by atoms with van der Waals surface area (Å²) >= 11 is 0. The van der Waals surface area contributed by atoms with E-state index in [2.05, 4.69) is 62.9 Å². The van der Waals surface area contributed by atoms with Gasteiger partial charge in [-0.15, -0.1) is 0 Å². The Morgan fingerprint density at radius 2 is 1.82 bits per heavy atom. The minimum atomic E-state index is -0.472. The van der Waals surface area contributed by atoms with Gasteiger partial charge >= 0.3 is 0 Å². The molecule has 22 heavy (non-hydrogen) atoms. The quantitative estimate of drug-likeness (QED) is 0.803. The molecule has 1 heterocycles. The summed E-state index contributed by atoms with van der Waals surface area (Å²) in [4.78, 5) is 2.64. The smallest absolute Gasteiger partial charge is 0.0645 e. The number of hydrogen-bond acceptors (Lipinski definition) is 2. The van der Waals surface area contributed by atoms with Crippen molar-refractivity contribution in [3.63, 3.8) is 0 Å². The van der Waals surface area contributed by atoms with E-state index < -0.39 is 5.60 Å². The van der Waals surface area contributed by atoms with Gasteiger partial charge in [0.15, 0.2) is 0 Å². The number of benzene rings is 1. The molecule has 1 aliphatic rings. The highest BCUT2D eigenvalue weighted by Crippen LogP contribution is 2.37. The Morgan fingerprint density at radius 3 is 2.36 bits per heavy atom. The van der Waals surface area contributed by atoms with Crippen LogP contribution in [-0.4, -0.2) is 28.2 Å². The summed E-state index contributed by atoms with van der Waals surface area (Å²) in [6, 6.07) is 11.4. The van der Waals surface area contributed by atoms with Crippen molar-refractivity contribution < 1.29 is 5.11 Å². The topological polar surface area (TPSA) is 23.5 Å². The molecule has 1 fully saturated rings. The normalized spacial score (nSPS) is 23.4. The maximum Gasteiger partial charge on any atom is 0.0645 e. The Hall–Kier alpha value is -0.860. The molecule has 0 amide bonds. The van der Waals surface area contributed by atoms with Crippen LogP contribution in [-0.2, 0) is 6.54 Å². The molecule has 0 spiro atoms. The molecule has 0 aliphatic carbocycles. The lowest BCUT2D eigenvalue weighted by molar-refractivity contribution is -0.00126. The second-order valence-corrected chi connectivity index (χ2v) is 7.38. The lowest BCUT2D eigenvalue weighted by Gasteiger charge is -2.36. The molecule has 1 aromatic carbocycles. The molecule has 0 radical (unpaired) electrons. The maximum absolute atomic E-state index is 10.7. The monoisotopic (exact) mass is 303 g/mol.